The van der Waals surface area contributed by atoms with Gasteiger partial charge in [0.05, 0.1) is 17.5 Å². The molecule has 3 rings (SSSR count). The van der Waals surface area contributed by atoms with Crippen molar-refractivity contribution < 1.29 is 4.42 Å². The van der Waals surface area contributed by atoms with Crippen molar-refractivity contribution in [2.75, 3.05) is 5.73 Å². The van der Waals surface area contributed by atoms with Crippen LogP contribution < -0.4 is 5.73 Å². The lowest BCUT2D eigenvalue weighted by atomic mass is 10.00. The zero-order chi connectivity index (χ0) is 15.0. The Balaban J connectivity index is 2.24. The smallest absolute Gasteiger partial charge is 0.202 e. The van der Waals surface area contributed by atoms with E-state index in [-0.39, 0.29) is 5.92 Å². The van der Waals surface area contributed by atoms with E-state index in [2.05, 4.69) is 18.9 Å². The monoisotopic (exact) mass is 301 g/mol. The Labute approximate surface area is 128 Å². The summed E-state index contributed by atoms with van der Waals surface area (Å²) in [5, 5.41) is 4.98. The van der Waals surface area contributed by atoms with Crippen molar-refractivity contribution in [3.63, 3.8) is 0 Å². The number of anilines is 1. The Morgan fingerprint density at radius 3 is 2.48 bits per heavy atom. The van der Waals surface area contributed by atoms with Gasteiger partial charge in [-0.3, -0.25) is 0 Å². The first-order valence-corrected chi connectivity index (χ1v) is 7.14. The minimum absolute atomic E-state index is 0.225. The van der Waals surface area contributed by atoms with E-state index in [4.69, 9.17) is 21.8 Å². The predicted octanol–water partition coefficient (Wildman–Crippen LogP) is 4.49. The maximum atomic E-state index is 6.32. The predicted molar refractivity (Wildman–Crippen MR) is 84.8 cm³/mol. The highest BCUT2D eigenvalue weighted by Gasteiger charge is 2.23. The minimum Gasteiger partial charge on any atom is -0.452 e. The molecule has 5 heteroatoms. The third kappa shape index (κ3) is 2.32. The number of hydrogen-bond acceptors (Lipinski definition) is 3. The standard InChI is InChI=1S/C16H16ClN3O/c1-10(2)13-14(12-8-9-21-15(12)17)19-20(16(13)18)11-6-4-3-5-7-11/h3-10H,18H2,1-2H3. The van der Waals surface area contributed by atoms with E-state index < -0.39 is 0 Å². The Kier molecular flexibility index (Phi) is 3.47. The highest BCUT2D eigenvalue weighted by molar-refractivity contribution is 6.31. The van der Waals surface area contributed by atoms with E-state index in [1.54, 1.807) is 10.9 Å². The second kappa shape index (κ2) is 5.30. The van der Waals surface area contributed by atoms with Crippen molar-refractivity contribution in [2.45, 2.75) is 19.8 Å². The number of aromatic nitrogens is 2. The van der Waals surface area contributed by atoms with Gasteiger partial charge in [-0.15, -0.1) is 0 Å². The molecular formula is C16H16ClN3O. The molecule has 0 aliphatic carbocycles. The number of rotatable bonds is 3. The fourth-order valence-electron chi connectivity index (χ4n) is 2.44. The van der Waals surface area contributed by atoms with Crippen LogP contribution in [0.2, 0.25) is 5.22 Å². The van der Waals surface area contributed by atoms with Crippen LogP contribution in [0.5, 0.6) is 0 Å². The van der Waals surface area contributed by atoms with Crippen LogP contribution in [-0.2, 0) is 0 Å². The van der Waals surface area contributed by atoms with Crippen LogP contribution in [0, 0.1) is 0 Å². The van der Waals surface area contributed by atoms with Crippen LogP contribution in [0.1, 0.15) is 25.3 Å². The second-order valence-corrected chi connectivity index (χ2v) is 5.50. The van der Waals surface area contributed by atoms with Gasteiger partial charge in [0, 0.05) is 5.56 Å². The van der Waals surface area contributed by atoms with Crippen molar-refractivity contribution in [1.82, 2.24) is 9.78 Å². The van der Waals surface area contributed by atoms with E-state index in [9.17, 15) is 0 Å². The molecule has 0 aliphatic rings. The largest absolute Gasteiger partial charge is 0.452 e. The summed E-state index contributed by atoms with van der Waals surface area (Å²) in [4.78, 5) is 0. The number of nitrogen functional groups attached to an aromatic ring is 1. The third-order valence-electron chi connectivity index (χ3n) is 3.41. The molecule has 2 heterocycles. The van der Waals surface area contributed by atoms with Gasteiger partial charge in [0.25, 0.3) is 0 Å². The summed E-state index contributed by atoms with van der Waals surface area (Å²) in [7, 11) is 0. The van der Waals surface area contributed by atoms with Gasteiger partial charge in [-0.25, -0.2) is 4.68 Å². The van der Waals surface area contributed by atoms with Crippen LogP contribution in [0.15, 0.2) is 47.1 Å². The van der Waals surface area contributed by atoms with E-state index in [1.165, 1.54) is 0 Å². The summed E-state index contributed by atoms with van der Waals surface area (Å²) in [5.41, 5.74) is 9.75. The zero-order valence-electron chi connectivity index (χ0n) is 11.9. The van der Waals surface area contributed by atoms with E-state index in [0.717, 1.165) is 22.5 Å². The molecule has 0 aliphatic heterocycles. The van der Waals surface area contributed by atoms with E-state index >= 15 is 0 Å². The summed E-state index contributed by atoms with van der Waals surface area (Å²) in [5.74, 6) is 0.854. The number of furan rings is 1. The Bertz CT molecular complexity index is 759. The molecule has 0 bridgehead atoms. The first kappa shape index (κ1) is 13.8. The lowest BCUT2D eigenvalue weighted by Gasteiger charge is -2.07. The summed E-state index contributed by atoms with van der Waals surface area (Å²) in [6.45, 7) is 4.17. The van der Waals surface area contributed by atoms with Crippen molar-refractivity contribution in [2.24, 2.45) is 0 Å². The minimum atomic E-state index is 0.225. The molecule has 0 spiro atoms. The topological polar surface area (TPSA) is 57.0 Å². The van der Waals surface area contributed by atoms with Crippen molar-refractivity contribution in [3.8, 4) is 16.9 Å². The molecule has 0 amide bonds. The average Bonchev–Trinajstić information content (AvgIpc) is 3.03. The van der Waals surface area contributed by atoms with Gasteiger partial charge in [0.2, 0.25) is 5.22 Å². The van der Waals surface area contributed by atoms with Crippen LogP contribution in [0.25, 0.3) is 16.9 Å². The third-order valence-corrected chi connectivity index (χ3v) is 3.70. The second-order valence-electron chi connectivity index (χ2n) is 5.16. The quantitative estimate of drug-likeness (QED) is 0.775. The molecule has 0 fully saturated rings. The normalized spacial score (nSPS) is 11.2. The van der Waals surface area contributed by atoms with E-state index in [0.29, 0.717) is 11.0 Å². The van der Waals surface area contributed by atoms with Crippen molar-refractivity contribution in [1.29, 1.82) is 0 Å². The highest BCUT2D eigenvalue weighted by Crippen LogP contribution is 2.37. The highest BCUT2D eigenvalue weighted by atomic mass is 35.5. The fourth-order valence-corrected chi connectivity index (χ4v) is 2.64. The fraction of sp³-hybridized carbons (Fsp3) is 0.188. The van der Waals surface area contributed by atoms with Gasteiger partial charge in [-0.1, -0.05) is 32.0 Å². The van der Waals surface area contributed by atoms with Gasteiger partial charge >= 0.3 is 0 Å². The average molecular weight is 302 g/mol. The van der Waals surface area contributed by atoms with Gasteiger partial charge < -0.3 is 10.2 Å². The molecule has 0 saturated heterocycles. The van der Waals surface area contributed by atoms with Crippen LogP contribution in [0.4, 0.5) is 5.82 Å². The van der Waals surface area contributed by atoms with Gasteiger partial charge in [0.15, 0.2) is 0 Å². The summed E-state index contributed by atoms with van der Waals surface area (Å²) in [6.07, 6.45) is 1.56. The maximum absolute atomic E-state index is 6.32. The summed E-state index contributed by atoms with van der Waals surface area (Å²) >= 11 is 6.10. The molecule has 0 unspecified atom stereocenters. The van der Waals surface area contributed by atoms with Crippen LogP contribution in [-0.4, -0.2) is 9.78 Å². The van der Waals surface area contributed by atoms with Crippen molar-refractivity contribution in [3.05, 3.63) is 53.4 Å². The Morgan fingerprint density at radius 1 is 1.19 bits per heavy atom. The van der Waals surface area contributed by atoms with Crippen molar-refractivity contribution >= 4 is 17.4 Å². The molecule has 4 nitrogen and oxygen atoms in total. The summed E-state index contributed by atoms with van der Waals surface area (Å²) in [6, 6.07) is 11.6. The van der Waals surface area contributed by atoms with Crippen LogP contribution in [0.3, 0.4) is 0 Å². The SMILES string of the molecule is CC(C)c1c(-c2ccoc2Cl)nn(-c2ccccc2)c1N. The molecule has 21 heavy (non-hydrogen) atoms. The molecule has 2 N–H and O–H groups in total. The molecule has 1 aromatic carbocycles. The molecule has 0 radical (unpaired) electrons. The number of halogens is 1. The Morgan fingerprint density at radius 2 is 1.90 bits per heavy atom. The van der Waals surface area contributed by atoms with Gasteiger partial charge in [0.1, 0.15) is 11.5 Å². The zero-order valence-corrected chi connectivity index (χ0v) is 12.6. The summed E-state index contributed by atoms with van der Waals surface area (Å²) < 4.78 is 6.93. The number of para-hydroxylation sites is 1. The maximum Gasteiger partial charge on any atom is 0.202 e. The van der Waals surface area contributed by atoms with E-state index in [1.807, 2.05) is 36.4 Å². The molecule has 108 valence electrons. The lowest BCUT2D eigenvalue weighted by Crippen LogP contribution is -2.03. The number of hydrogen-bond donors (Lipinski definition) is 1. The molecular weight excluding hydrogens is 286 g/mol. The number of nitrogens with two attached hydrogens (primary N) is 1. The lowest BCUT2D eigenvalue weighted by molar-refractivity contribution is 0.570. The first-order valence-electron chi connectivity index (χ1n) is 6.76. The molecule has 0 atom stereocenters. The molecule has 3 aromatic rings. The number of benzene rings is 1. The van der Waals surface area contributed by atoms with Gasteiger partial charge in [-0.2, -0.15) is 5.10 Å². The van der Waals surface area contributed by atoms with Crippen LogP contribution >= 0.6 is 11.6 Å². The first-order chi connectivity index (χ1) is 10.1. The number of nitrogens with zero attached hydrogens (tertiary/aromatic N) is 2. The Hall–Kier alpha value is -2.20. The molecule has 0 saturated carbocycles. The van der Waals surface area contributed by atoms with Gasteiger partial charge in [-0.05, 0) is 35.7 Å². The molecule has 2 aromatic heterocycles.